The van der Waals surface area contributed by atoms with Crippen LogP contribution in [-0.4, -0.2) is 31.6 Å². The van der Waals surface area contributed by atoms with Crippen molar-refractivity contribution in [1.82, 2.24) is 10.6 Å². The monoisotopic (exact) mass is 247 g/mol. The number of anilines is 1. The highest BCUT2D eigenvalue weighted by molar-refractivity contribution is 5.94. The predicted octanol–water partition coefficient (Wildman–Crippen LogP) is 1.60. The van der Waals surface area contributed by atoms with E-state index in [9.17, 15) is 4.79 Å². The van der Waals surface area contributed by atoms with Crippen molar-refractivity contribution in [2.24, 2.45) is 0 Å². The van der Waals surface area contributed by atoms with E-state index < -0.39 is 0 Å². The van der Waals surface area contributed by atoms with Gasteiger partial charge in [0.25, 0.3) is 5.91 Å². The van der Waals surface area contributed by atoms with E-state index in [0.29, 0.717) is 18.2 Å². The summed E-state index contributed by atoms with van der Waals surface area (Å²) < 4.78 is 0. The molecule has 0 bridgehead atoms. The van der Waals surface area contributed by atoms with Crippen molar-refractivity contribution in [3.05, 3.63) is 29.8 Å². The van der Waals surface area contributed by atoms with Crippen molar-refractivity contribution >= 4 is 11.6 Å². The molecule has 1 aliphatic rings. The van der Waals surface area contributed by atoms with Gasteiger partial charge in [0.1, 0.15) is 0 Å². The molecule has 2 rings (SSSR count). The Morgan fingerprint density at radius 3 is 2.56 bits per heavy atom. The quantitative estimate of drug-likeness (QED) is 0.757. The summed E-state index contributed by atoms with van der Waals surface area (Å²) in [6.07, 6.45) is 2.30. The highest BCUT2D eigenvalue weighted by atomic mass is 16.1. The van der Waals surface area contributed by atoms with Crippen molar-refractivity contribution in [1.29, 1.82) is 0 Å². The second-order valence-electron chi connectivity index (χ2n) is 4.61. The van der Waals surface area contributed by atoms with Crippen molar-refractivity contribution < 1.29 is 4.79 Å². The molecule has 1 aromatic carbocycles. The zero-order valence-electron chi connectivity index (χ0n) is 10.8. The van der Waals surface area contributed by atoms with E-state index in [4.69, 9.17) is 0 Å². The number of amides is 1. The van der Waals surface area contributed by atoms with Gasteiger partial charge in [-0.2, -0.15) is 0 Å². The van der Waals surface area contributed by atoms with Gasteiger partial charge in [0.05, 0.1) is 0 Å². The molecule has 1 amide bonds. The van der Waals surface area contributed by atoms with Crippen LogP contribution in [0.25, 0.3) is 0 Å². The van der Waals surface area contributed by atoms with Crippen molar-refractivity contribution in [2.45, 2.75) is 25.8 Å². The second-order valence-corrected chi connectivity index (χ2v) is 4.61. The molecule has 1 fully saturated rings. The van der Waals surface area contributed by atoms with Crippen LogP contribution in [0.3, 0.4) is 0 Å². The summed E-state index contributed by atoms with van der Waals surface area (Å²) >= 11 is 0. The minimum absolute atomic E-state index is 0.00841. The van der Waals surface area contributed by atoms with Gasteiger partial charge in [-0.3, -0.25) is 4.79 Å². The lowest BCUT2D eigenvalue weighted by Gasteiger charge is -2.24. The molecule has 0 saturated carbocycles. The standard InChI is InChI=1S/C14H21N3O/c1-2-16-14(18)11-3-5-12(6-4-11)17-13-7-9-15-10-8-13/h3-6,13,15,17H,2,7-10H2,1H3,(H,16,18). The maximum atomic E-state index is 11.6. The first-order valence-electron chi connectivity index (χ1n) is 6.65. The first kappa shape index (κ1) is 12.9. The highest BCUT2D eigenvalue weighted by Gasteiger charge is 2.12. The maximum Gasteiger partial charge on any atom is 0.251 e. The molecule has 1 heterocycles. The summed E-state index contributed by atoms with van der Waals surface area (Å²) in [7, 11) is 0. The molecule has 18 heavy (non-hydrogen) atoms. The van der Waals surface area contributed by atoms with E-state index in [1.165, 1.54) is 0 Å². The number of carbonyl (C=O) groups excluding carboxylic acids is 1. The lowest BCUT2D eigenvalue weighted by atomic mass is 10.1. The smallest absolute Gasteiger partial charge is 0.251 e. The molecule has 3 N–H and O–H groups in total. The van der Waals surface area contributed by atoms with E-state index in [1.807, 2.05) is 31.2 Å². The minimum atomic E-state index is -0.00841. The lowest BCUT2D eigenvalue weighted by Crippen LogP contribution is -2.35. The molecule has 1 aromatic rings. The number of benzene rings is 1. The topological polar surface area (TPSA) is 53.2 Å². The molecule has 98 valence electrons. The molecule has 0 radical (unpaired) electrons. The van der Waals surface area contributed by atoms with Gasteiger partial charge in [-0.25, -0.2) is 0 Å². The third kappa shape index (κ3) is 3.47. The molecular weight excluding hydrogens is 226 g/mol. The van der Waals surface area contributed by atoms with Crippen LogP contribution in [0, 0.1) is 0 Å². The van der Waals surface area contributed by atoms with Gasteiger partial charge in [0.15, 0.2) is 0 Å². The van der Waals surface area contributed by atoms with Crippen molar-refractivity contribution in [3.63, 3.8) is 0 Å². The van der Waals surface area contributed by atoms with Crippen LogP contribution in [-0.2, 0) is 0 Å². The van der Waals surface area contributed by atoms with Crippen LogP contribution >= 0.6 is 0 Å². The van der Waals surface area contributed by atoms with Crippen LogP contribution in [0.1, 0.15) is 30.1 Å². The summed E-state index contributed by atoms with van der Waals surface area (Å²) in [6.45, 7) is 4.74. The van der Waals surface area contributed by atoms with Gasteiger partial charge >= 0.3 is 0 Å². The average Bonchev–Trinajstić information content (AvgIpc) is 2.41. The normalized spacial score (nSPS) is 16.3. The zero-order chi connectivity index (χ0) is 12.8. The molecule has 0 aromatic heterocycles. The van der Waals surface area contributed by atoms with Gasteiger partial charge in [-0.05, 0) is 57.1 Å². The number of piperidine rings is 1. The van der Waals surface area contributed by atoms with Crippen LogP contribution in [0.5, 0.6) is 0 Å². The Morgan fingerprint density at radius 2 is 1.94 bits per heavy atom. The van der Waals surface area contributed by atoms with Gasteiger partial charge in [-0.15, -0.1) is 0 Å². The minimum Gasteiger partial charge on any atom is -0.382 e. The van der Waals surface area contributed by atoms with Crippen LogP contribution in [0.2, 0.25) is 0 Å². The molecule has 1 aliphatic heterocycles. The van der Waals surface area contributed by atoms with E-state index >= 15 is 0 Å². The van der Waals surface area contributed by atoms with Crippen molar-refractivity contribution in [3.8, 4) is 0 Å². The Morgan fingerprint density at radius 1 is 1.28 bits per heavy atom. The predicted molar refractivity (Wildman–Crippen MR) is 74.0 cm³/mol. The van der Waals surface area contributed by atoms with Gasteiger partial charge in [0.2, 0.25) is 0 Å². The Balaban J connectivity index is 1.92. The summed E-state index contributed by atoms with van der Waals surface area (Å²) in [6, 6.07) is 8.24. The first-order chi connectivity index (χ1) is 8.79. The molecule has 0 spiro atoms. The Kier molecular flexibility index (Phi) is 4.59. The fourth-order valence-corrected chi connectivity index (χ4v) is 2.18. The SMILES string of the molecule is CCNC(=O)c1ccc(NC2CCNCC2)cc1. The molecular formula is C14H21N3O. The van der Waals surface area contributed by atoms with Gasteiger partial charge in [-0.1, -0.05) is 0 Å². The van der Waals surface area contributed by atoms with Crippen LogP contribution < -0.4 is 16.0 Å². The second kappa shape index (κ2) is 6.40. The summed E-state index contributed by atoms with van der Waals surface area (Å²) in [4.78, 5) is 11.6. The number of carbonyl (C=O) groups is 1. The molecule has 1 saturated heterocycles. The Hall–Kier alpha value is -1.55. The van der Waals surface area contributed by atoms with E-state index in [2.05, 4.69) is 16.0 Å². The number of hydrogen-bond acceptors (Lipinski definition) is 3. The molecule has 4 heteroatoms. The van der Waals surface area contributed by atoms with Gasteiger partial charge in [0, 0.05) is 23.8 Å². The zero-order valence-corrected chi connectivity index (χ0v) is 10.8. The number of hydrogen-bond donors (Lipinski definition) is 3. The Labute approximate surface area is 108 Å². The molecule has 0 aliphatic carbocycles. The van der Waals surface area contributed by atoms with E-state index in [0.717, 1.165) is 31.6 Å². The third-order valence-corrected chi connectivity index (χ3v) is 3.19. The molecule has 4 nitrogen and oxygen atoms in total. The molecule has 0 atom stereocenters. The Bertz CT molecular complexity index is 383. The summed E-state index contributed by atoms with van der Waals surface area (Å²) in [5.74, 6) is -0.00841. The fraction of sp³-hybridized carbons (Fsp3) is 0.500. The van der Waals surface area contributed by atoms with Crippen molar-refractivity contribution in [2.75, 3.05) is 25.0 Å². The van der Waals surface area contributed by atoms with Crippen LogP contribution in [0.15, 0.2) is 24.3 Å². The van der Waals surface area contributed by atoms with E-state index in [-0.39, 0.29) is 5.91 Å². The largest absolute Gasteiger partial charge is 0.382 e. The first-order valence-corrected chi connectivity index (χ1v) is 6.65. The lowest BCUT2D eigenvalue weighted by molar-refractivity contribution is 0.0956. The fourth-order valence-electron chi connectivity index (χ4n) is 2.18. The maximum absolute atomic E-state index is 11.6. The summed E-state index contributed by atoms with van der Waals surface area (Å²) in [5.41, 5.74) is 1.81. The van der Waals surface area contributed by atoms with Gasteiger partial charge < -0.3 is 16.0 Å². The third-order valence-electron chi connectivity index (χ3n) is 3.19. The van der Waals surface area contributed by atoms with E-state index in [1.54, 1.807) is 0 Å². The highest BCUT2D eigenvalue weighted by Crippen LogP contribution is 2.14. The number of rotatable bonds is 4. The molecule has 0 unspecified atom stereocenters. The van der Waals surface area contributed by atoms with Crippen LogP contribution in [0.4, 0.5) is 5.69 Å². The summed E-state index contributed by atoms with van der Waals surface area (Å²) in [5, 5.41) is 9.65. The number of nitrogens with one attached hydrogen (secondary N) is 3. The average molecular weight is 247 g/mol.